The average Bonchev–Trinajstić information content (AvgIpc) is 3.10. The molecule has 2 saturated carbocycles. The highest BCUT2D eigenvalue weighted by Gasteiger charge is 2.45. The average molecular weight is 271 g/mol. The molecular weight excluding hydrogens is 246 g/mol. The molecule has 2 bridgehead atoms. The van der Waals surface area contributed by atoms with Crippen LogP contribution in [0.5, 0.6) is 5.75 Å². The number of para-hydroxylation sites is 1. The minimum absolute atomic E-state index is 0.171. The highest BCUT2D eigenvalue weighted by Crippen LogP contribution is 2.53. The normalized spacial score (nSPS) is 38.5. The molecule has 108 valence electrons. The molecule has 2 heteroatoms. The van der Waals surface area contributed by atoms with Crippen LogP contribution in [0.1, 0.15) is 44.1 Å². The van der Waals surface area contributed by atoms with Crippen molar-refractivity contribution in [2.45, 2.75) is 43.9 Å². The molecule has 0 amide bonds. The van der Waals surface area contributed by atoms with Crippen LogP contribution in [0.25, 0.3) is 0 Å². The first kappa shape index (κ1) is 12.7. The molecule has 4 rings (SSSR count). The molecule has 1 heterocycles. The van der Waals surface area contributed by atoms with E-state index in [-0.39, 0.29) is 5.41 Å². The van der Waals surface area contributed by atoms with Crippen molar-refractivity contribution in [3.8, 4) is 5.75 Å². The van der Waals surface area contributed by atoms with Crippen molar-refractivity contribution in [3.05, 3.63) is 29.8 Å². The molecule has 2 nitrogen and oxygen atoms in total. The summed E-state index contributed by atoms with van der Waals surface area (Å²) in [5, 5.41) is 0. The molecule has 20 heavy (non-hydrogen) atoms. The van der Waals surface area contributed by atoms with E-state index in [9.17, 15) is 0 Å². The van der Waals surface area contributed by atoms with E-state index in [0.717, 1.165) is 43.1 Å². The smallest absolute Gasteiger partial charge is 0.123 e. The Bertz CT molecular complexity index is 500. The Hall–Kier alpha value is -1.02. The van der Waals surface area contributed by atoms with Gasteiger partial charge in [0, 0.05) is 17.5 Å². The first-order chi connectivity index (χ1) is 9.81. The van der Waals surface area contributed by atoms with Gasteiger partial charge in [0.1, 0.15) is 5.75 Å². The molecule has 3 aliphatic rings. The minimum atomic E-state index is 0.171. The Kier molecular flexibility index (Phi) is 3.03. The molecule has 2 fully saturated rings. The number of rotatable bonds is 3. The number of benzene rings is 1. The summed E-state index contributed by atoms with van der Waals surface area (Å²) in [4.78, 5) is 0. The number of ether oxygens (including phenoxy) is 1. The molecular formula is C18H25NO. The standard InChI is InChI=1S/C18H25NO/c19-12-18(11-15-10-13-5-6-14(15)9-13)7-8-20-17-4-2-1-3-16(17)18/h1-4,13-15H,5-12,19H2. The lowest BCUT2D eigenvalue weighted by atomic mass is 9.67. The van der Waals surface area contributed by atoms with Gasteiger partial charge in [0.15, 0.2) is 0 Å². The lowest BCUT2D eigenvalue weighted by Gasteiger charge is -2.41. The van der Waals surface area contributed by atoms with E-state index < -0.39 is 0 Å². The molecule has 2 N–H and O–H groups in total. The van der Waals surface area contributed by atoms with Gasteiger partial charge in [-0.25, -0.2) is 0 Å². The fourth-order valence-electron chi connectivity index (χ4n) is 5.16. The summed E-state index contributed by atoms with van der Waals surface area (Å²) < 4.78 is 5.85. The lowest BCUT2D eigenvalue weighted by molar-refractivity contribution is 0.169. The summed E-state index contributed by atoms with van der Waals surface area (Å²) in [6.07, 6.45) is 8.27. The van der Waals surface area contributed by atoms with Crippen LogP contribution in [0.3, 0.4) is 0 Å². The first-order valence-corrected chi connectivity index (χ1v) is 8.23. The molecule has 0 radical (unpaired) electrons. The Balaban J connectivity index is 1.64. The van der Waals surface area contributed by atoms with Gasteiger partial charge in [-0.1, -0.05) is 24.6 Å². The van der Waals surface area contributed by atoms with Crippen molar-refractivity contribution in [2.24, 2.45) is 23.5 Å². The molecule has 1 aromatic rings. The van der Waals surface area contributed by atoms with E-state index in [1.807, 2.05) is 0 Å². The van der Waals surface area contributed by atoms with Gasteiger partial charge in [0.2, 0.25) is 0 Å². The largest absolute Gasteiger partial charge is 0.493 e. The van der Waals surface area contributed by atoms with Crippen LogP contribution >= 0.6 is 0 Å². The van der Waals surface area contributed by atoms with Crippen LogP contribution in [0.15, 0.2) is 24.3 Å². The van der Waals surface area contributed by atoms with Gasteiger partial charge >= 0.3 is 0 Å². The maximum absolute atomic E-state index is 6.27. The van der Waals surface area contributed by atoms with Crippen molar-refractivity contribution >= 4 is 0 Å². The number of hydrogen-bond donors (Lipinski definition) is 1. The quantitative estimate of drug-likeness (QED) is 0.913. The third kappa shape index (κ3) is 1.88. The van der Waals surface area contributed by atoms with Crippen molar-refractivity contribution in [3.63, 3.8) is 0 Å². The fourth-order valence-corrected chi connectivity index (χ4v) is 5.16. The number of nitrogens with two attached hydrogens (primary N) is 1. The van der Waals surface area contributed by atoms with Crippen LogP contribution in [0.2, 0.25) is 0 Å². The zero-order valence-electron chi connectivity index (χ0n) is 12.2. The van der Waals surface area contributed by atoms with E-state index in [2.05, 4.69) is 24.3 Å². The summed E-state index contributed by atoms with van der Waals surface area (Å²) in [6, 6.07) is 8.57. The maximum Gasteiger partial charge on any atom is 0.123 e. The van der Waals surface area contributed by atoms with E-state index in [0.29, 0.717) is 0 Å². The fraction of sp³-hybridized carbons (Fsp3) is 0.667. The topological polar surface area (TPSA) is 35.2 Å². The van der Waals surface area contributed by atoms with E-state index in [1.165, 1.54) is 37.7 Å². The van der Waals surface area contributed by atoms with Gasteiger partial charge in [-0.15, -0.1) is 0 Å². The van der Waals surface area contributed by atoms with E-state index in [4.69, 9.17) is 10.5 Å². The lowest BCUT2D eigenvalue weighted by Crippen LogP contribution is -2.42. The molecule has 0 spiro atoms. The predicted molar refractivity (Wildman–Crippen MR) is 80.8 cm³/mol. The van der Waals surface area contributed by atoms with Gasteiger partial charge in [-0.05, 0) is 55.9 Å². The maximum atomic E-state index is 6.27. The Morgan fingerprint density at radius 2 is 2.10 bits per heavy atom. The van der Waals surface area contributed by atoms with E-state index >= 15 is 0 Å². The molecule has 0 aromatic heterocycles. The Labute approximate surface area is 121 Å². The Morgan fingerprint density at radius 3 is 2.85 bits per heavy atom. The van der Waals surface area contributed by atoms with Gasteiger partial charge in [0.05, 0.1) is 6.61 Å². The van der Waals surface area contributed by atoms with Crippen molar-refractivity contribution in [1.29, 1.82) is 0 Å². The summed E-state index contributed by atoms with van der Waals surface area (Å²) in [5.41, 5.74) is 7.82. The summed E-state index contributed by atoms with van der Waals surface area (Å²) in [5.74, 6) is 3.99. The minimum Gasteiger partial charge on any atom is -0.493 e. The van der Waals surface area contributed by atoms with Crippen molar-refractivity contribution in [2.75, 3.05) is 13.2 Å². The molecule has 4 atom stereocenters. The van der Waals surface area contributed by atoms with Crippen LogP contribution in [0, 0.1) is 17.8 Å². The highest BCUT2D eigenvalue weighted by molar-refractivity contribution is 5.42. The third-order valence-electron chi connectivity index (χ3n) is 6.22. The van der Waals surface area contributed by atoms with Gasteiger partial charge in [0.25, 0.3) is 0 Å². The molecule has 1 aromatic carbocycles. The van der Waals surface area contributed by atoms with Crippen molar-refractivity contribution < 1.29 is 4.74 Å². The zero-order valence-corrected chi connectivity index (χ0v) is 12.2. The number of fused-ring (bicyclic) bond motifs is 3. The van der Waals surface area contributed by atoms with Crippen molar-refractivity contribution in [1.82, 2.24) is 0 Å². The van der Waals surface area contributed by atoms with Gasteiger partial charge < -0.3 is 10.5 Å². The molecule has 2 aliphatic carbocycles. The summed E-state index contributed by atoms with van der Waals surface area (Å²) in [7, 11) is 0. The van der Waals surface area contributed by atoms with Gasteiger partial charge in [-0.3, -0.25) is 0 Å². The monoisotopic (exact) mass is 271 g/mol. The second-order valence-corrected chi connectivity index (χ2v) is 7.22. The molecule has 1 aliphatic heterocycles. The second kappa shape index (κ2) is 4.77. The first-order valence-electron chi connectivity index (χ1n) is 8.23. The predicted octanol–water partition coefficient (Wildman–Crippen LogP) is 3.49. The van der Waals surface area contributed by atoms with E-state index in [1.54, 1.807) is 0 Å². The summed E-state index contributed by atoms with van der Waals surface area (Å²) >= 11 is 0. The highest BCUT2D eigenvalue weighted by atomic mass is 16.5. The summed E-state index contributed by atoms with van der Waals surface area (Å²) in [6.45, 7) is 1.59. The van der Waals surface area contributed by atoms with Crippen LogP contribution in [-0.2, 0) is 5.41 Å². The van der Waals surface area contributed by atoms with Crippen LogP contribution in [-0.4, -0.2) is 13.2 Å². The SMILES string of the molecule is NCC1(CC2CC3CCC2C3)CCOc2ccccc21. The third-order valence-corrected chi connectivity index (χ3v) is 6.22. The second-order valence-electron chi connectivity index (χ2n) is 7.22. The van der Waals surface area contributed by atoms with Gasteiger partial charge in [-0.2, -0.15) is 0 Å². The molecule has 4 unspecified atom stereocenters. The number of hydrogen-bond acceptors (Lipinski definition) is 2. The Morgan fingerprint density at radius 1 is 1.20 bits per heavy atom. The zero-order chi connectivity index (χ0) is 13.6. The van der Waals surface area contributed by atoms with Crippen LogP contribution in [0.4, 0.5) is 0 Å². The van der Waals surface area contributed by atoms with Crippen LogP contribution < -0.4 is 10.5 Å². The molecule has 0 saturated heterocycles.